The highest BCUT2D eigenvalue weighted by atomic mass is 19.1. The van der Waals surface area contributed by atoms with Crippen molar-refractivity contribution in [1.82, 2.24) is 10.2 Å². The molecule has 1 aromatic rings. The molecule has 1 heterocycles. The molecular weight excluding hydrogens is 263 g/mol. The van der Waals surface area contributed by atoms with Crippen LogP contribution in [-0.4, -0.2) is 30.1 Å². The number of benzene rings is 1. The second-order valence-electron chi connectivity index (χ2n) is 7.09. The van der Waals surface area contributed by atoms with Gasteiger partial charge >= 0.3 is 0 Å². The zero-order chi connectivity index (χ0) is 15.0. The number of nitrogens with one attached hydrogen (secondary N) is 1. The highest BCUT2D eigenvalue weighted by Gasteiger charge is 2.39. The molecule has 3 unspecified atom stereocenters. The Morgan fingerprint density at radius 2 is 1.81 bits per heavy atom. The molecule has 3 atom stereocenters. The van der Waals surface area contributed by atoms with Crippen molar-refractivity contribution in [3.8, 4) is 0 Å². The first-order chi connectivity index (χ1) is 10.1. The highest BCUT2D eigenvalue weighted by molar-refractivity contribution is 5.20. The van der Waals surface area contributed by atoms with E-state index < -0.39 is 0 Å². The molecule has 1 aromatic carbocycles. The Hall–Kier alpha value is -0.930. The maximum absolute atomic E-state index is 13.1. The van der Waals surface area contributed by atoms with E-state index in [9.17, 15) is 4.39 Å². The van der Waals surface area contributed by atoms with Crippen molar-refractivity contribution < 1.29 is 4.39 Å². The summed E-state index contributed by atoms with van der Waals surface area (Å²) in [4.78, 5) is 2.64. The van der Waals surface area contributed by atoms with Crippen LogP contribution in [0.3, 0.4) is 0 Å². The van der Waals surface area contributed by atoms with Crippen molar-refractivity contribution >= 4 is 0 Å². The first kappa shape index (κ1) is 15.0. The van der Waals surface area contributed by atoms with Crippen LogP contribution in [0.25, 0.3) is 0 Å². The average molecular weight is 290 g/mol. The molecule has 2 aliphatic rings. The lowest BCUT2D eigenvalue weighted by atomic mass is 9.93. The van der Waals surface area contributed by atoms with Gasteiger partial charge in [-0.1, -0.05) is 26.0 Å². The van der Waals surface area contributed by atoms with Gasteiger partial charge in [0.15, 0.2) is 0 Å². The van der Waals surface area contributed by atoms with E-state index in [0.29, 0.717) is 24.0 Å². The third kappa shape index (κ3) is 3.29. The van der Waals surface area contributed by atoms with E-state index in [1.54, 1.807) is 12.1 Å². The Labute approximate surface area is 127 Å². The van der Waals surface area contributed by atoms with E-state index in [4.69, 9.17) is 0 Å². The third-order valence-electron chi connectivity index (χ3n) is 5.23. The molecule has 0 bridgehead atoms. The van der Waals surface area contributed by atoms with Gasteiger partial charge in [0.1, 0.15) is 5.82 Å². The largest absolute Gasteiger partial charge is 0.311 e. The van der Waals surface area contributed by atoms with Crippen LogP contribution in [0.2, 0.25) is 0 Å². The normalized spacial score (nSPS) is 28.8. The van der Waals surface area contributed by atoms with Gasteiger partial charge in [0.25, 0.3) is 0 Å². The molecule has 0 radical (unpaired) electrons. The molecule has 1 aliphatic heterocycles. The van der Waals surface area contributed by atoms with Crippen molar-refractivity contribution in [2.24, 2.45) is 11.8 Å². The van der Waals surface area contributed by atoms with E-state index in [1.165, 1.54) is 18.4 Å². The lowest BCUT2D eigenvalue weighted by Crippen LogP contribution is -2.59. The molecule has 1 N–H and O–H groups in total. The first-order valence-corrected chi connectivity index (χ1v) is 8.31. The quantitative estimate of drug-likeness (QED) is 0.911. The molecule has 1 aliphatic carbocycles. The summed E-state index contributed by atoms with van der Waals surface area (Å²) in [5.74, 6) is 1.35. The summed E-state index contributed by atoms with van der Waals surface area (Å²) in [6.45, 7) is 9.05. The van der Waals surface area contributed by atoms with Crippen molar-refractivity contribution in [2.45, 2.75) is 51.7 Å². The highest BCUT2D eigenvalue weighted by Crippen LogP contribution is 2.37. The summed E-state index contributed by atoms with van der Waals surface area (Å²) >= 11 is 0. The van der Waals surface area contributed by atoms with E-state index in [2.05, 4.69) is 31.0 Å². The van der Waals surface area contributed by atoms with Gasteiger partial charge in [-0.05, 0) is 49.3 Å². The summed E-state index contributed by atoms with van der Waals surface area (Å²) in [5.41, 5.74) is 1.22. The van der Waals surface area contributed by atoms with Gasteiger partial charge in [-0.15, -0.1) is 0 Å². The van der Waals surface area contributed by atoms with E-state index >= 15 is 0 Å². The van der Waals surface area contributed by atoms with Crippen molar-refractivity contribution in [2.75, 3.05) is 13.1 Å². The minimum absolute atomic E-state index is 0.150. The molecule has 2 fully saturated rings. The second-order valence-corrected chi connectivity index (χ2v) is 7.09. The predicted molar refractivity (Wildman–Crippen MR) is 84.7 cm³/mol. The van der Waals surface area contributed by atoms with Gasteiger partial charge < -0.3 is 5.32 Å². The molecule has 21 heavy (non-hydrogen) atoms. The SMILES string of the molecule is CC(C)C1CNC(C2CC2)CN1C(C)c1ccc(F)cc1. The second kappa shape index (κ2) is 6.05. The molecule has 0 spiro atoms. The number of nitrogens with zero attached hydrogens (tertiary/aromatic N) is 1. The molecule has 3 heteroatoms. The molecule has 0 amide bonds. The number of halogens is 1. The lowest BCUT2D eigenvalue weighted by molar-refractivity contribution is 0.0569. The van der Waals surface area contributed by atoms with Gasteiger partial charge in [0.05, 0.1) is 0 Å². The van der Waals surface area contributed by atoms with Crippen LogP contribution in [0.5, 0.6) is 0 Å². The Balaban J connectivity index is 1.78. The topological polar surface area (TPSA) is 15.3 Å². The fourth-order valence-corrected chi connectivity index (χ4v) is 3.63. The molecule has 3 rings (SSSR count). The van der Waals surface area contributed by atoms with Crippen LogP contribution in [0.4, 0.5) is 4.39 Å². The number of rotatable bonds is 4. The Morgan fingerprint density at radius 3 is 2.38 bits per heavy atom. The first-order valence-electron chi connectivity index (χ1n) is 8.31. The summed E-state index contributed by atoms with van der Waals surface area (Å²) < 4.78 is 13.1. The minimum Gasteiger partial charge on any atom is -0.311 e. The van der Waals surface area contributed by atoms with Gasteiger partial charge in [-0.2, -0.15) is 0 Å². The van der Waals surface area contributed by atoms with Crippen LogP contribution in [0, 0.1) is 17.7 Å². The number of hydrogen-bond donors (Lipinski definition) is 1. The van der Waals surface area contributed by atoms with Gasteiger partial charge in [0.2, 0.25) is 0 Å². The zero-order valence-corrected chi connectivity index (χ0v) is 13.3. The van der Waals surface area contributed by atoms with E-state index in [-0.39, 0.29) is 5.82 Å². The third-order valence-corrected chi connectivity index (χ3v) is 5.23. The van der Waals surface area contributed by atoms with E-state index in [0.717, 1.165) is 19.0 Å². The maximum Gasteiger partial charge on any atom is 0.123 e. The van der Waals surface area contributed by atoms with Gasteiger partial charge in [-0.3, -0.25) is 4.90 Å². The van der Waals surface area contributed by atoms with Crippen molar-refractivity contribution in [1.29, 1.82) is 0 Å². The van der Waals surface area contributed by atoms with E-state index in [1.807, 2.05) is 12.1 Å². The van der Waals surface area contributed by atoms with Crippen LogP contribution >= 0.6 is 0 Å². The smallest absolute Gasteiger partial charge is 0.123 e. The minimum atomic E-state index is -0.150. The Morgan fingerprint density at radius 1 is 1.14 bits per heavy atom. The van der Waals surface area contributed by atoms with Crippen molar-refractivity contribution in [3.63, 3.8) is 0 Å². The summed E-state index contributed by atoms with van der Waals surface area (Å²) in [7, 11) is 0. The predicted octanol–water partition coefficient (Wildman–Crippen LogP) is 3.60. The fraction of sp³-hybridized carbons (Fsp3) is 0.667. The van der Waals surface area contributed by atoms with Gasteiger partial charge in [0, 0.05) is 31.2 Å². The fourth-order valence-electron chi connectivity index (χ4n) is 3.63. The molecule has 2 nitrogen and oxygen atoms in total. The van der Waals surface area contributed by atoms with Crippen LogP contribution in [-0.2, 0) is 0 Å². The summed E-state index contributed by atoms with van der Waals surface area (Å²) in [5, 5.41) is 3.76. The molecule has 1 saturated carbocycles. The Bertz CT molecular complexity index is 467. The molecule has 116 valence electrons. The Kier molecular flexibility index (Phi) is 4.32. The molecule has 1 saturated heterocycles. The standard InChI is InChI=1S/C18H27FN2/c1-12(2)18-10-20-17(15-4-5-15)11-21(18)13(3)14-6-8-16(19)9-7-14/h6-9,12-13,15,17-18,20H,4-5,10-11H2,1-3H3. The summed E-state index contributed by atoms with van der Waals surface area (Å²) in [6.07, 6.45) is 2.76. The molecular formula is C18H27FN2. The summed E-state index contributed by atoms with van der Waals surface area (Å²) in [6, 6.07) is 8.58. The lowest BCUT2D eigenvalue weighted by Gasteiger charge is -2.46. The number of piperazine rings is 1. The average Bonchev–Trinajstić information content (AvgIpc) is 3.31. The molecule has 0 aromatic heterocycles. The monoisotopic (exact) mass is 290 g/mol. The number of hydrogen-bond acceptors (Lipinski definition) is 2. The van der Waals surface area contributed by atoms with Crippen LogP contribution in [0.1, 0.15) is 45.2 Å². The maximum atomic E-state index is 13.1. The van der Waals surface area contributed by atoms with Crippen LogP contribution in [0.15, 0.2) is 24.3 Å². The zero-order valence-electron chi connectivity index (χ0n) is 13.3. The van der Waals surface area contributed by atoms with Gasteiger partial charge in [-0.25, -0.2) is 4.39 Å². The van der Waals surface area contributed by atoms with Crippen LogP contribution < -0.4 is 5.32 Å². The van der Waals surface area contributed by atoms with Crippen molar-refractivity contribution in [3.05, 3.63) is 35.6 Å².